The summed E-state index contributed by atoms with van der Waals surface area (Å²) >= 11 is 0. The highest BCUT2D eigenvalue weighted by molar-refractivity contribution is 6.05. The molecule has 2 nitrogen and oxygen atoms in total. The maximum Gasteiger partial charge on any atom is 0.135 e. The van der Waals surface area contributed by atoms with E-state index in [1.807, 2.05) is 121 Å². The van der Waals surface area contributed by atoms with Gasteiger partial charge in [-0.15, -0.1) is 0 Å². The van der Waals surface area contributed by atoms with Crippen LogP contribution in [0, 0.1) is 0 Å². The highest BCUT2D eigenvalue weighted by Crippen LogP contribution is 2.55. The molecule has 5 aromatic carbocycles. The highest BCUT2D eigenvalue weighted by Gasteiger charge is 2.27. The third kappa shape index (κ3) is 3.42. The van der Waals surface area contributed by atoms with Crippen LogP contribution in [0.2, 0.25) is 0 Å². The Hall–Kier alpha value is -4.30. The number of aromatic hydroxyl groups is 2. The molecule has 0 aromatic heterocycles. The van der Waals surface area contributed by atoms with Crippen LogP contribution in [0.1, 0.15) is 0 Å². The van der Waals surface area contributed by atoms with Crippen molar-refractivity contribution in [2.45, 2.75) is 0 Å². The monoisotopic (exact) mass is 414 g/mol. The van der Waals surface area contributed by atoms with Gasteiger partial charge >= 0.3 is 0 Å². The lowest BCUT2D eigenvalue weighted by atomic mass is 9.83. The molecule has 154 valence electrons. The molecule has 0 spiro atoms. The second-order valence-electron chi connectivity index (χ2n) is 7.66. The van der Waals surface area contributed by atoms with Crippen molar-refractivity contribution < 1.29 is 10.2 Å². The maximum atomic E-state index is 11.6. The standard InChI is InChI=1S/C30H22O2/c31-29-26(22-15-7-2-8-16-22)25(21-13-5-1-6-14-21)27(23-17-9-3-10-18-23)30(32)28(29)24-19-11-4-12-20-24/h1-20,31-32H. The fourth-order valence-electron chi connectivity index (χ4n) is 4.27. The molecule has 5 aromatic rings. The molecular weight excluding hydrogens is 392 g/mol. The summed E-state index contributed by atoms with van der Waals surface area (Å²) in [7, 11) is 0. The summed E-state index contributed by atoms with van der Waals surface area (Å²) in [5.41, 5.74) is 6.10. The van der Waals surface area contributed by atoms with Crippen LogP contribution < -0.4 is 0 Å². The lowest BCUT2D eigenvalue weighted by Gasteiger charge is -2.23. The molecule has 0 amide bonds. The molecular formula is C30H22O2. The summed E-state index contributed by atoms with van der Waals surface area (Å²) in [5.74, 6) is 0.136. The van der Waals surface area contributed by atoms with E-state index in [1.165, 1.54) is 0 Å². The van der Waals surface area contributed by atoms with E-state index in [2.05, 4.69) is 0 Å². The van der Waals surface area contributed by atoms with E-state index >= 15 is 0 Å². The van der Waals surface area contributed by atoms with Crippen LogP contribution in [0.25, 0.3) is 44.5 Å². The minimum Gasteiger partial charge on any atom is -0.506 e. The molecule has 0 aliphatic heterocycles. The van der Waals surface area contributed by atoms with E-state index in [-0.39, 0.29) is 11.5 Å². The minimum atomic E-state index is 0.0680. The zero-order valence-corrected chi connectivity index (χ0v) is 17.4. The Morgan fingerprint density at radius 2 is 0.531 bits per heavy atom. The number of phenols is 2. The normalized spacial score (nSPS) is 10.8. The van der Waals surface area contributed by atoms with Crippen molar-refractivity contribution in [2.24, 2.45) is 0 Å². The van der Waals surface area contributed by atoms with Crippen LogP contribution in [0.5, 0.6) is 11.5 Å². The molecule has 0 bridgehead atoms. The van der Waals surface area contributed by atoms with Crippen molar-refractivity contribution >= 4 is 0 Å². The first-order valence-electron chi connectivity index (χ1n) is 10.6. The summed E-state index contributed by atoms with van der Waals surface area (Å²) < 4.78 is 0. The average molecular weight is 415 g/mol. The van der Waals surface area contributed by atoms with E-state index in [1.54, 1.807) is 0 Å². The summed E-state index contributed by atoms with van der Waals surface area (Å²) in [6, 6.07) is 39.2. The maximum absolute atomic E-state index is 11.6. The SMILES string of the molecule is Oc1c(-c2ccccc2)c(O)c(-c2ccccc2)c(-c2ccccc2)c1-c1ccccc1. The Balaban J connectivity index is 1.99. The van der Waals surface area contributed by atoms with Crippen LogP contribution in [0.15, 0.2) is 121 Å². The van der Waals surface area contributed by atoms with Crippen LogP contribution >= 0.6 is 0 Å². The van der Waals surface area contributed by atoms with E-state index in [0.717, 1.165) is 27.8 Å². The van der Waals surface area contributed by atoms with Gasteiger partial charge in [-0.25, -0.2) is 0 Å². The molecule has 0 unspecified atom stereocenters. The summed E-state index contributed by atoms with van der Waals surface area (Å²) in [6.07, 6.45) is 0. The second kappa shape index (κ2) is 8.44. The van der Waals surface area contributed by atoms with Crippen molar-refractivity contribution in [2.75, 3.05) is 0 Å². The number of hydrogen-bond donors (Lipinski definition) is 2. The van der Waals surface area contributed by atoms with Crippen molar-refractivity contribution in [1.82, 2.24) is 0 Å². The minimum absolute atomic E-state index is 0.0680. The first-order chi connectivity index (χ1) is 15.8. The van der Waals surface area contributed by atoms with Gasteiger partial charge < -0.3 is 10.2 Å². The third-order valence-corrected chi connectivity index (χ3v) is 5.70. The molecule has 0 saturated carbocycles. The fourth-order valence-corrected chi connectivity index (χ4v) is 4.27. The van der Waals surface area contributed by atoms with Gasteiger partial charge in [0.2, 0.25) is 0 Å². The lowest BCUT2D eigenvalue weighted by Crippen LogP contribution is -1.95. The Kier molecular flexibility index (Phi) is 5.19. The molecule has 0 atom stereocenters. The molecule has 0 radical (unpaired) electrons. The fraction of sp³-hybridized carbons (Fsp3) is 0. The molecule has 32 heavy (non-hydrogen) atoms. The molecule has 2 N–H and O–H groups in total. The summed E-state index contributed by atoms with van der Waals surface area (Å²) in [5, 5.41) is 23.3. The van der Waals surface area contributed by atoms with Crippen molar-refractivity contribution in [3.05, 3.63) is 121 Å². The van der Waals surface area contributed by atoms with Gasteiger partial charge in [0.15, 0.2) is 0 Å². The number of rotatable bonds is 4. The first-order valence-corrected chi connectivity index (χ1v) is 10.6. The Labute approximate surface area is 187 Å². The second-order valence-corrected chi connectivity index (χ2v) is 7.66. The molecule has 2 heteroatoms. The third-order valence-electron chi connectivity index (χ3n) is 5.70. The number of phenolic OH excluding ortho intramolecular Hbond substituents is 2. The van der Waals surface area contributed by atoms with Crippen molar-refractivity contribution in [3.8, 4) is 56.0 Å². The van der Waals surface area contributed by atoms with Crippen LogP contribution in [-0.4, -0.2) is 10.2 Å². The smallest absolute Gasteiger partial charge is 0.135 e. The lowest BCUT2D eigenvalue weighted by molar-refractivity contribution is 0.457. The predicted molar refractivity (Wildman–Crippen MR) is 132 cm³/mol. The van der Waals surface area contributed by atoms with Gasteiger partial charge in [0.1, 0.15) is 11.5 Å². The topological polar surface area (TPSA) is 40.5 Å². The quantitative estimate of drug-likeness (QED) is 0.315. The van der Waals surface area contributed by atoms with E-state index in [4.69, 9.17) is 0 Å². The Bertz CT molecular complexity index is 1280. The van der Waals surface area contributed by atoms with E-state index in [0.29, 0.717) is 16.7 Å². The van der Waals surface area contributed by atoms with Gasteiger partial charge in [-0.1, -0.05) is 121 Å². The first kappa shape index (κ1) is 19.7. The average Bonchev–Trinajstić information content (AvgIpc) is 2.86. The van der Waals surface area contributed by atoms with Gasteiger partial charge in [0, 0.05) is 16.7 Å². The highest BCUT2D eigenvalue weighted by atomic mass is 16.3. The van der Waals surface area contributed by atoms with E-state index < -0.39 is 0 Å². The summed E-state index contributed by atoms with van der Waals surface area (Å²) in [4.78, 5) is 0. The molecule has 0 aliphatic carbocycles. The van der Waals surface area contributed by atoms with Crippen molar-refractivity contribution in [1.29, 1.82) is 0 Å². The number of hydrogen-bond acceptors (Lipinski definition) is 2. The van der Waals surface area contributed by atoms with Gasteiger partial charge in [-0.3, -0.25) is 0 Å². The van der Waals surface area contributed by atoms with E-state index in [9.17, 15) is 10.2 Å². The molecule has 0 saturated heterocycles. The molecule has 0 heterocycles. The summed E-state index contributed by atoms with van der Waals surface area (Å²) in [6.45, 7) is 0. The van der Waals surface area contributed by atoms with Crippen LogP contribution in [0.3, 0.4) is 0 Å². The zero-order chi connectivity index (χ0) is 21.9. The zero-order valence-electron chi connectivity index (χ0n) is 17.4. The van der Waals surface area contributed by atoms with Gasteiger partial charge in [0.05, 0.1) is 5.56 Å². The van der Waals surface area contributed by atoms with Gasteiger partial charge in [0.25, 0.3) is 0 Å². The largest absolute Gasteiger partial charge is 0.506 e. The van der Waals surface area contributed by atoms with Crippen molar-refractivity contribution in [3.63, 3.8) is 0 Å². The molecule has 0 aliphatic rings. The molecule has 5 rings (SSSR count). The molecule has 0 fully saturated rings. The van der Waals surface area contributed by atoms with Crippen LogP contribution in [-0.2, 0) is 0 Å². The van der Waals surface area contributed by atoms with Gasteiger partial charge in [-0.05, 0) is 22.3 Å². The van der Waals surface area contributed by atoms with Crippen LogP contribution in [0.4, 0.5) is 0 Å². The number of benzene rings is 5. The Morgan fingerprint density at radius 3 is 0.844 bits per heavy atom. The predicted octanol–water partition coefficient (Wildman–Crippen LogP) is 7.77. The Morgan fingerprint density at radius 1 is 0.281 bits per heavy atom. The van der Waals surface area contributed by atoms with Gasteiger partial charge in [-0.2, -0.15) is 0 Å².